The van der Waals surface area contributed by atoms with E-state index in [1.165, 1.54) is 11.3 Å². The molecule has 0 aliphatic carbocycles. The monoisotopic (exact) mass is 374 g/mol. The Kier molecular flexibility index (Phi) is 6.94. The number of carbonyl (C=O) groups is 2. The Hall–Kier alpha value is -2.18. The number of anilines is 1. The minimum absolute atomic E-state index is 0.280. The van der Waals surface area contributed by atoms with Crippen LogP contribution in [-0.2, 0) is 9.53 Å². The quantitative estimate of drug-likeness (QED) is 0.726. The van der Waals surface area contributed by atoms with Crippen molar-refractivity contribution in [2.24, 2.45) is 11.7 Å². The van der Waals surface area contributed by atoms with Crippen LogP contribution in [0, 0.1) is 12.8 Å². The van der Waals surface area contributed by atoms with Gasteiger partial charge in [0.25, 0.3) is 11.8 Å². The molecule has 0 aliphatic heterocycles. The van der Waals surface area contributed by atoms with Crippen LogP contribution in [0.4, 0.5) is 5.00 Å². The van der Waals surface area contributed by atoms with Crippen molar-refractivity contribution in [2.45, 2.75) is 40.2 Å². The Morgan fingerprint density at radius 2 is 1.85 bits per heavy atom. The fourth-order valence-corrected chi connectivity index (χ4v) is 3.67. The topological polar surface area (TPSA) is 81.4 Å². The van der Waals surface area contributed by atoms with Gasteiger partial charge in [0, 0.05) is 17.0 Å². The summed E-state index contributed by atoms with van der Waals surface area (Å²) >= 11 is 1.35. The van der Waals surface area contributed by atoms with Crippen LogP contribution in [0.2, 0.25) is 0 Å². The number of nitrogens with one attached hydrogen (secondary N) is 1. The molecule has 0 bridgehead atoms. The van der Waals surface area contributed by atoms with E-state index >= 15 is 0 Å². The minimum atomic E-state index is -0.600. The zero-order valence-corrected chi connectivity index (χ0v) is 16.5. The highest BCUT2D eigenvalue weighted by Gasteiger charge is 2.24. The van der Waals surface area contributed by atoms with Crippen LogP contribution in [0.3, 0.4) is 0 Å². The lowest BCUT2D eigenvalue weighted by molar-refractivity contribution is -0.126. The number of aryl methyl sites for hydroxylation is 1. The van der Waals surface area contributed by atoms with Gasteiger partial charge in [0.1, 0.15) is 11.1 Å². The van der Waals surface area contributed by atoms with Crippen molar-refractivity contribution in [3.05, 3.63) is 40.8 Å². The first-order valence-corrected chi connectivity index (χ1v) is 9.54. The molecule has 3 N–H and O–H groups in total. The maximum Gasteiger partial charge on any atom is 0.253 e. The van der Waals surface area contributed by atoms with Gasteiger partial charge in [-0.15, -0.1) is 11.3 Å². The van der Waals surface area contributed by atoms with Crippen molar-refractivity contribution in [1.29, 1.82) is 0 Å². The molecule has 1 aromatic carbocycles. The van der Waals surface area contributed by atoms with E-state index in [0.29, 0.717) is 23.1 Å². The van der Waals surface area contributed by atoms with Gasteiger partial charge in [-0.3, -0.25) is 9.59 Å². The lowest BCUT2D eigenvalue weighted by atomic mass is 10.0. The standard InChI is InChI=1S/C20H26N2O3S/c1-12(2)10-11-25-13(3)19(24)22-20-17(18(21)23)16(14(4)26-20)15-8-6-5-7-9-15/h5-9,12-13H,10-11H2,1-4H3,(H2,21,23)(H,22,24). The van der Waals surface area contributed by atoms with Gasteiger partial charge in [0.15, 0.2) is 0 Å². The molecule has 1 heterocycles. The van der Waals surface area contributed by atoms with E-state index in [1.807, 2.05) is 37.3 Å². The summed E-state index contributed by atoms with van der Waals surface area (Å²) in [5.41, 5.74) is 7.64. The Bertz CT molecular complexity index is 769. The summed E-state index contributed by atoms with van der Waals surface area (Å²) in [6, 6.07) is 9.56. The maximum absolute atomic E-state index is 12.4. The van der Waals surface area contributed by atoms with E-state index in [9.17, 15) is 9.59 Å². The number of amides is 2. The molecule has 2 aromatic rings. The molecule has 26 heavy (non-hydrogen) atoms. The molecule has 0 spiro atoms. The second kappa shape index (κ2) is 8.96. The first-order valence-electron chi connectivity index (χ1n) is 8.72. The highest BCUT2D eigenvalue weighted by Crippen LogP contribution is 2.39. The number of nitrogens with two attached hydrogens (primary N) is 1. The van der Waals surface area contributed by atoms with Gasteiger partial charge in [0.2, 0.25) is 0 Å². The van der Waals surface area contributed by atoms with E-state index in [-0.39, 0.29) is 5.91 Å². The van der Waals surface area contributed by atoms with Gasteiger partial charge in [-0.05, 0) is 31.7 Å². The summed E-state index contributed by atoms with van der Waals surface area (Å²) in [5, 5.41) is 3.29. The van der Waals surface area contributed by atoms with Gasteiger partial charge >= 0.3 is 0 Å². The predicted molar refractivity (Wildman–Crippen MR) is 107 cm³/mol. The summed E-state index contributed by atoms with van der Waals surface area (Å²) in [4.78, 5) is 25.4. The molecule has 0 aliphatic rings. The summed E-state index contributed by atoms with van der Waals surface area (Å²) in [7, 11) is 0. The number of rotatable bonds is 8. The Morgan fingerprint density at radius 1 is 1.19 bits per heavy atom. The molecule has 5 nitrogen and oxygen atoms in total. The van der Waals surface area contributed by atoms with E-state index < -0.39 is 12.0 Å². The number of hydrogen-bond donors (Lipinski definition) is 2. The van der Waals surface area contributed by atoms with E-state index in [2.05, 4.69) is 19.2 Å². The van der Waals surface area contributed by atoms with Crippen molar-refractivity contribution in [2.75, 3.05) is 11.9 Å². The number of primary amides is 1. The molecule has 1 aromatic heterocycles. The fraction of sp³-hybridized carbons (Fsp3) is 0.400. The number of benzene rings is 1. The van der Waals surface area contributed by atoms with Crippen LogP contribution in [-0.4, -0.2) is 24.5 Å². The molecule has 6 heteroatoms. The van der Waals surface area contributed by atoms with E-state index in [0.717, 1.165) is 22.4 Å². The second-order valence-electron chi connectivity index (χ2n) is 6.65. The van der Waals surface area contributed by atoms with Gasteiger partial charge in [-0.2, -0.15) is 0 Å². The lowest BCUT2D eigenvalue weighted by Crippen LogP contribution is -2.29. The molecule has 0 saturated carbocycles. The smallest absolute Gasteiger partial charge is 0.253 e. The first-order chi connectivity index (χ1) is 12.3. The van der Waals surface area contributed by atoms with Crippen LogP contribution < -0.4 is 11.1 Å². The Labute approximate surface area is 158 Å². The average molecular weight is 375 g/mol. The third-order valence-corrected chi connectivity index (χ3v) is 5.08. The number of carbonyl (C=O) groups excluding carboxylic acids is 2. The number of ether oxygens (including phenoxy) is 1. The predicted octanol–water partition coefficient (Wildman–Crippen LogP) is 4.21. The lowest BCUT2D eigenvalue weighted by Gasteiger charge is -2.14. The molecule has 2 amide bonds. The maximum atomic E-state index is 12.4. The van der Waals surface area contributed by atoms with Crippen LogP contribution in [0.25, 0.3) is 11.1 Å². The van der Waals surface area contributed by atoms with E-state index in [4.69, 9.17) is 10.5 Å². The Balaban J connectivity index is 2.22. The first kappa shape index (κ1) is 20.1. The minimum Gasteiger partial charge on any atom is -0.369 e. The SMILES string of the molecule is Cc1sc(NC(=O)C(C)OCCC(C)C)c(C(N)=O)c1-c1ccccc1. The second-order valence-corrected chi connectivity index (χ2v) is 7.88. The molecule has 2 rings (SSSR count). The molecule has 0 saturated heterocycles. The van der Waals surface area contributed by atoms with Gasteiger partial charge in [0.05, 0.1) is 5.56 Å². The van der Waals surface area contributed by atoms with Crippen molar-refractivity contribution in [1.82, 2.24) is 0 Å². The molecule has 1 atom stereocenters. The number of thiophene rings is 1. The molecule has 1 unspecified atom stereocenters. The van der Waals surface area contributed by atoms with Crippen molar-refractivity contribution < 1.29 is 14.3 Å². The summed E-state index contributed by atoms with van der Waals surface area (Å²) in [5.74, 6) is -0.325. The fourth-order valence-electron chi connectivity index (χ4n) is 2.59. The molecule has 0 radical (unpaired) electrons. The third-order valence-electron chi connectivity index (χ3n) is 4.06. The van der Waals surface area contributed by atoms with Crippen molar-refractivity contribution in [3.8, 4) is 11.1 Å². The summed E-state index contributed by atoms with van der Waals surface area (Å²) in [6.45, 7) is 8.35. The largest absolute Gasteiger partial charge is 0.369 e. The normalized spacial score (nSPS) is 12.2. The molecule has 0 fully saturated rings. The highest BCUT2D eigenvalue weighted by atomic mass is 32.1. The Morgan fingerprint density at radius 3 is 2.42 bits per heavy atom. The third kappa shape index (κ3) is 4.93. The van der Waals surface area contributed by atoms with Gasteiger partial charge < -0.3 is 15.8 Å². The zero-order chi connectivity index (χ0) is 19.3. The van der Waals surface area contributed by atoms with Gasteiger partial charge in [-0.25, -0.2) is 0 Å². The van der Waals surface area contributed by atoms with Gasteiger partial charge in [-0.1, -0.05) is 44.2 Å². The summed E-state index contributed by atoms with van der Waals surface area (Å²) in [6.07, 6.45) is 0.289. The van der Waals surface area contributed by atoms with Crippen LogP contribution in [0.5, 0.6) is 0 Å². The molecular weight excluding hydrogens is 348 g/mol. The van der Waals surface area contributed by atoms with Crippen LogP contribution >= 0.6 is 11.3 Å². The average Bonchev–Trinajstić information content (AvgIpc) is 2.91. The molecule has 140 valence electrons. The highest BCUT2D eigenvalue weighted by molar-refractivity contribution is 7.17. The van der Waals surface area contributed by atoms with Crippen molar-refractivity contribution in [3.63, 3.8) is 0 Å². The van der Waals surface area contributed by atoms with Crippen LogP contribution in [0.15, 0.2) is 30.3 Å². The van der Waals surface area contributed by atoms with Crippen molar-refractivity contribution >= 4 is 28.2 Å². The summed E-state index contributed by atoms with van der Waals surface area (Å²) < 4.78 is 5.59. The zero-order valence-electron chi connectivity index (χ0n) is 15.7. The van der Waals surface area contributed by atoms with Crippen LogP contribution in [0.1, 0.15) is 42.4 Å². The van der Waals surface area contributed by atoms with E-state index in [1.54, 1.807) is 6.92 Å². The molecular formula is C20H26N2O3S. The number of hydrogen-bond acceptors (Lipinski definition) is 4.